The number of benzene rings is 1. The molecule has 5 nitrogen and oxygen atoms in total. The lowest BCUT2D eigenvalue weighted by molar-refractivity contribution is -0.121. The molecule has 0 bridgehead atoms. The molecule has 0 saturated carbocycles. The largest absolute Gasteiger partial charge is 0.339 e. The van der Waals surface area contributed by atoms with Gasteiger partial charge in [0.15, 0.2) is 0 Å². The summed E-state index contributed by atoms with van der Waals surface area (Å²) in [6, 6.07) is 7.70. The number of carbonyl (C=O) groups is 2. The fourth-order valence-corrected chi connectivity index (χ4v) is 3.47. The zero-order valence-electron chi connectivity index (χ0n) is 14.3. The molecule has 2 heterocycles. The molecule has 26 heavy (non-hydrogen) atoms. The number of halogens is 2. The van der Waals surface area contributed by atoms with Crippen LogP contribution < -0.4 is 5.32 Å². The first-order valence-electron chi connectivity index (χ1n) is 8.42. The molecule has 2 amide bonds. The first-order chi connectivity index (χ1) is 12.4. The first-order valence-corrected chi connectivity index (χ1v) is 9.21. The number of likely N-dealkylation sites (tertiary alicyclic amines) is 1. The van der Waals surface area contributed by atoms with Crippen molar-refractivity contribution in [1.29, 1.82) is 0 Å². The lowest BCUT2D eigenvalue weighted by Crippen LogP contribution is -2.41. The Morgan fingerprint density at radius 3 is 2.58 bits per heavy atom. The molecular weight excluding hydrogens is 401 g/mol. The van der Waals surface area contributed by atoms with Crippen molar-refractivity contribution in [3.8, 4) is 0 Å². The van der Waals surface area contributed by atoms with E-state index < -0.39 is 5.82 Å². The van der Waals surface area contributed by atoms with Crippen molar-refractivity contribution in [1.82, 2.24) is 9.88 Å². The van der Waals surface area contributed by atoms with Crippen molar-refractivity contribution in [2.75, 3.05) is 18.4 Å². The molecule has 0 atom stereocenters. The zero-order chi connectivity index (χ0) is 18.7. The van der Waals surface area contributed by atoms with Crippen LogP contribution in [-0.4, -0.2) is 34.8 Å². The van der Waals surface area contributed by atoms with Crippen LogP contribution in [0.1, 0.15) is 28.8 Å². The summed E-state index contributed by atoms with van der Waals surface area (Å²) in [5, 5.41) is 2.83. The second-order valence-corrected chi connectivity index (χ2v) is 7.26. The summed E-state index contributed by atoms with van der Waals surface area (Å²) < 4.78 is 13.6. The minimum atomic E-state index is -0.395. The number of carbonyl (C=O) groups excluding carboxylic acids is 2. The Hall–Kier alpha value is -2.28. The van der Waals surface area contributed by atoms with E-state index in [2.05, 4.69) is 26.2 Å². The van der Waals surface area contributed by atoms with Gasteiger partial charge in [0.2, 0.25) is 5.91 Å². The normalized spacial score (nSPS) is 15.0. The highest BCUT2D eigenvalue weighted by Gasteiger charge is 2.28. The van der Waals surface area contributed by atoms with Crippen LogP contribution in [0, 0.1) is 18.7 Å². The third-order valence-corrected chi connectivity index (χ3v) is 5.13. The number of hydrogen-bond donors (Lipinski definition) is 1. The van der Waals surface area contributed by atoms with Gasteiger partial charge in [-0.25, -0.2) is 9.37 Å². The van der Waals surface area contributed by atoms with Gasteiger partial charge in [0.1, 0.15) is 11.6 Å². The lowest BCUT2D eigenvalue weighted by Gasteiger charge is -2.31. The molecule has 0 aliphatic carbocycles. The van der Waals surface area contributed by atoms with Crippen LogP contribution in [0.25, 0.3) is 0 Å². The number of nitrogens with zero attached hydrogens (tertiary/aromatic N) is 2. The molecule has 1 aliphatic rings. The van der Waals surface area contributed by atoms with Crippen molar-refractivity contribution in [3.63, 3.8) is 0 Å². The summed E-state index contributed by atoms with van der Waals surface area (Å²) >= 11 is 3.23. The van der Waals surface area contributed by atoms with Gasteiger partial charge in [0.05, 0.1) is 5.56 Å². The maximum Gasteiger partial charge on any atom is 0.255 e. The Morgan fingerprint density at radius 1 is 1.23 bits per heavy atom. The molecule has 7 heteroatoms. The van der Waals surface area contributed by atoms with Crippen LogP contribution in [0.5, 0.6) is 0 Å². The summed E-state index contributed by atoms with van der Waals surface area (Å²) in [6.07, 6.45) is 2.88. The quantitative estimate of drug-likeness (QED) is 0.822. The van der Waals surface area contributed by atoms with E-state index in [1.165, 1.54) is 18.2 Å². The van der Waals surface area contributed by atoms with Gasteiger partial charge in [-0.1, -0.05) is 6.07 Å². The van der Waals surface area contributed by atoms with Gasteiger partial charge in [0.25, 0.3) is 5.91 Å². The number of anilines is 1. The monoisotopic (exact) mass is 419 g/mol. The summed E-state index contributed by atoms with van der Waals surface area (Å²) in [5.74, 6) is -0.242. The maximum absolute atomic E-state index is 13.2. The predicted octanol–water partition coefficient (Wildman–Crippen LogP) is 3.78. The highest BCUT2D eigenvalue weighted by molar-refractivity contribution is 9.10. The second kappa shape index (κ2) is 7.95. The van der Waals surface area contributed by atoms with Gasteiger partial charge in [-0.3, -0.25) is 9.59 Å². The summed E-state index contributed by atoms with van der Waals surface area (Å²) in [5.41, 5.74) is 1.46. The molecule has 1 saturated heterocycles. The number of aromatic nitrogens is 1. The van der Waals surface area contributed by atoms with Crippen LogP contribution in [0.15, 0.2) is 41.0 Å². The standard InChI is InChI=1S/C19H19BrFN3O2/c1-12-2-5-17(22-11-12)23-18(25)13-6-8-24(9-7-13)19(26)15-4-3-14(21)10-16(15)20/h2-5,10-11,13H,6-9H2,1H3,(H,22,23,25). The van der Waals surface area contributed by atoms with Crippen molar-refractivity contribution in [2.24, 2.45) is 5.92 Å². The molecule has 1 fully saturated rings. The van der Waals surface area contributed by atoms with E-state index in [-0.39, 0.29) is 17.7 Å². The summed E-state index contributed by atoms with van der Waals surface area (Å²) in [6.45, 7) is 2.91. The van der Waals surface area contributed by atoms with E-state index in [4.69, 9.17) is 0 Å². The zero-order valence-corrected chi connectivity index (χ0v) is 15.9. The van der Waals surface area contributed by atoms with E-state index in [1.807, 2.05) is 13.0 Å². The van der Waals surface area contributed by atoms with Gasteiger partial charge in [-0.05, 0) is 65.5 Å². The second-order valence-electron chi connectivity index (χ2n) is 6.40. The molecule has 3 rings (SSSR count). The Kier molecular flexibility index (Phi) is 5.66. The fraction of sp³-hybridized carbons (Fsp3) is 0.316. The Bertz CT molecular complexity index is 818. The van der Waals surface area contributed by atoms with Crippen molar-refractivity contribution in [2.45, 2.75) is 19.8 Å². The number of pyridine rings is 1. The molecule has 0 spiro atoms. The maximum atomic E-state index is 13.2. The molecule has 0 unspecified atom stereocenters. The van der Waals surface area contributed by atoms with E-state index in [9.17, 15) is 14.0 Å². The predicted molar refractivity (Wildman–Crippen MR) is 100 cm³/mol. The van der Waals surface area contributed by atoms with Gasteiger partial charge in [-0.2, -0.15) is 0 Å². The first kappa shape index (κ1) is 18.5. The van der Waals surface area contributed by atoms with Crippen molar-refractivity contribution in [3.05, 3.63) is 57.9 Å². The van der Waals surface area contributed by atoms with Crippen LogP contribution in [0.4, 0.5) is 10.2 Å². The van der Waals surface area contributed by atoms with Crippen LogP contribution in [0.3, 0.4) is 0 Å². The molecule has 136 valence electrons. The SMILES string of the molecule is Cc1ccc(NC(=O)C2CCN(C(=O)c3ccc(F)cc3Br)CC2)nc1. The number of rotatable bonds is 3. The van der Waals surface area contributed by atoms with Crippen LogP contribution in [-0.2, 0) is 4.79 Å². The summed E-state index contributed by atoms with van der Waals surface area (Å²) in [7, 11) is 0. The molecule has 0 radical (unpaired) electrons. The number of piperidine rings is 1. The topological polar surface area (TPSA) is 62.3 Å². The Balaban J connectivity index is 1.57. The third kappa shape index (κ3) is 4.27. The average Bonchev–Trinajstić information content (AvgIpc) is 2.63. The number of nitrogens with one attached hydrogen (secondary N) is 1. The fourth-order valence-electron chi connectivity index (χ4n) is 2.95. The average molecular weight is 420 g/mol. The Morgan fingerprint density at radius 2 is 1.96 bits per heavy atom. The lowest BCUT2D eigenvalue weighted by atomic mass is 9.95. The minimum Gasteiger partial charge on any atom is -0.339 e. The van der Waals surface area contributed by atoms with Gasteiger partial charge < -0.3 is 10.2 Å². The van der Waals surface area contributed by atoms with E-state index >= 15 is 0 Å². The molecule has 2 aromatic rings. The third-order valence-electron chi connectivity index (χ3n) is 4.48. The molecule has 1 aromatic carbocycles. The molecule has 1 aliphatic heterocycles. The molecular formula is C19H19BrFN3O2. The van der Waals surface area contributed by atoms with Gasteiger partial charge >= 0.3 is 0 Å². The van der Waals surface area contributed by atoms with Crippen LogP contribution >= 0.6 is 15.9 Å². The highest BCUT2D eigenvalue weighted by atomic mass is 79.9. The molecule has 1 N–H and O–H groups in total. The molecule has 1 aromatic heterocycles. The van der Waals surface area contributed by atoms with Crippen molar-refractivity contribution < 1.29 is 14.0 Å². The number of hydrogen-bond acceptors (Lipinski definition) is 3. The summed E-state index contributed by atoms with van der Waals surface area (Å²) in [4.78, 5) is 30.9. The van der Waals surface area contributed by atoms with Gasteiger partial charge in [-0.15, -0.1) is 0 Å². The van der Waals surface area contributed by atoms with Crippen LogP contribution in [0.2, 0.25) is 0 Å². The smallest absolute Gasteiger partial charge is 0.255 e. The van der Waals surface area contributed by atoms with E-state index in [1.54, 1.807) is 17.2 Å². The number of aryl methyl sites for hydroxylation is 1. The minimum absolute atomic E-state index is 0.0728. The van der Waals surface area contributed by atoms with Gasteiger partial charge in [0, 0.05) is 29.7 Å². The number of amides is 2. The van der Waals surface area contributed by atoms with Crippen molar-refractivity contribution >= 4 is 33.6 Å². The van der Waals surface area contributed by atoms with E-state index in [0.717, 1.165) is 5.56 Å². The highest BCUT2D eigenvalue weighted by Crippen LogP contribution is 2.24. The Labute approximate surface area is 159 Å². The van der Waals surface area contributed by atoms with E-state index in [0.29, 0.717) is 41.8 Å².